The van der Waals surface area contributed by atoms with Gasteiger partial charge in [-0.3, -0.25) is 0 Å². The summed E-state index contributed by atoms with van der Waals surface area (Å²) in [5, 5.41) is 12.1. The number of anilines is 2. The van der Waals surface area contributed by atoms with E-state index in [2.05, 4.69) is 5.32 Å². The molecule has 5 heteroatoms. The van der Waals surface area contributed by atoms with Crippen molar-refractivity contribution in [1.29, 1.82) is 0 Å². The van der Waals surface area contributed by atoms with Crippen LogP contribution in [0.3, 0.4) is 0 Å². The molecule has 1 aromatic carbocycles. The summed E-state index contributed by atoms with van der Waals surface area (Å²) in [4.78, 5) is 10.9. The van der Waals surface area contributed by atoms with Crippen LogP contribution in [0.25, 0.3) is 0 Å². The minimum Gasteiger partial charge on any atom is -0.478 e. The van der Waals surface area contributed by atoms with Crippen LogP contribution in [-0.2, 0) is 0 Å². The molecule has 0 saturated heterocycles. The first kappa shape index (κ1) is 12.7. The highest BCUT2D eigenvalue weighted by atomic mass is 32.2. The van der Waals surface area contributed by atoms with E-state index in [4.69, 9.17) is 10.8 Å². The number of carbonyl (C=O) groups is 1. The minimum absolute atomic E-state index is 0.140. The molecule has 0 aromatic heterocycles. The molecule has 0 bridgehead atoms. The predicted molar refractivity (Wildman–Crippen MR) is 69.3 cm³/mol. The van der Waals surface area contributed by atoms with Crippen LogP contribution in [0.5, 0.6) is 0 Å². The van der Waals surface area contributed by atoms with Gasteiger partial charge in [-0.15, -0.1) is 0 Å². The van der Waals surface area contributed by atoms with Crippen LogP contribution in [0.1, 0.15) is 17.3 Å². The van der Waals surface area contributed by atoms with Gasteiger partial charge < -0.3 is 16.2 Å². The maximum atomic E-state index is 10.9. The maximum Gasteiger partial charge on any atom is 0.337 e. The number of carboxylic acids is 1. The molecule has 0 radical (unpaired) electrons. The molecule has 0 heterocycles. The number of nitrogen functional groups attached to an aromatic ring is 1. The van der Waals surface area contributed by atoms with E-state index in [-0.39, 0.29) is 11.6 Å². The van der Waals surface area contributed by atoms with Crippen molar-refractivity contribution in [2.75, 3.05) is 23.1 Å². The van der Waals surface area contributed by atoms with Crippen molar-refractivity contribution in [3.05, 3.63) is 23.8 Å². The van der Waals surface area contributed by atoms with Crippen LogP contribution in [0.2, 0.25) is 0 Å². The van der Waals surface area contributed by atoms with E-state index >= 15 is 0 Å². The van der Waals surface area contributed by atoms with E-state index in [1.54, 1.807) is 23.9 Å². The standard InChI is InChI=1S/C11H16N2O2S/c1-7(6-16-2)13-9-5-3-4-8(10(9)12)11(14)15/h3-5,7,13H,6,12H2,1-2H3,(H,14,15). The Morgan fingerprint density at radius 2 is 2.31 bits per heavy atom. The lowest BCUT2D eigenvalue weighted by Crippen LogP contribution is -2.19. The molecule has 1 rings (SSSR count). The molecule has 0 aliphatic heterocycles. The van der Waals surface area contributed by atoms with E-state index in [1.807, 2.05) is 13.2 Å². The molecule has 1 atom stereocenters. The molecule has 0 aliphatic carbocycles. The zero-order valence-electron chi connectivity index (χ0n) is 9.36. The highest BCUT2D eigenvalue weighted by molar-refractivity contribution is 7.98. The van der Waals surface area contributed by atoms with Gasteiger partial charge in [-0.25, -0.2) is 4.79 Å². The predicted octanol–water partition coefficient (Wildman–Crippen LogP) is 2.13. The van der Waals surface area contributed by atoms with Gasteiger partial charge in [-0.1, -0.05) is 6.07 Å². The van der Waals surface area contributed by atoms with Crippen molar-refractivity contribution in [3.8, 4) is 0 Å². The second kappa shape index (κ2) is 5.65. The number of nitrogens with two attached hydrogens (primary N) is 1. The molecule has 4 N–H and O–H groups in total. The Morgan fingerprint density at radius 1 is 1.62 bits per heavy atom. The lowest BCUT2D eigenvalue weighted by molar-refractivity contribution is 0.0698. The largest absolute Gasteiger partial charge is 0.478 e. The van der Waals surface area contributed by atoms with E-state index in [9.17, 15) is 4.79 Å². The van der Waals surface area contributed by atoms with Gasteiger partial charge >= 0.3 is 5.97 Å². The normalized spacial score (nSPS) is 12.1. The Bertz CT molecular complexity index is 382. The van der Waals surface area contributed by atoms with Crippen molar-refractivity contribution in [2.24, 2.45) is 0 Å². The van der Waals surface area contributed by atoms with Gasteiger partial charge in [0.05, 0.1) is 16.9 Å². The number of rotatable bonds is 5. The molecule has 0 aliphatic rings. The molecule has 88 valence electrons. The van der Waals surface area contributed by atoms with E-state index in [1.165, 1.54) is 6.07 Å². The highest BCUT2D eigenvalue weighted by Gasteiger charge is 2.12. The van der Waals surface area contributed by atoms with Crippen molar-refractivity contribution in [3.63, 3.8) is 0 Å². The van der Waals surface area contributed by atoms with Crippen molar-refractivity contribution in [2.45, 2.75) is 13.0 Å². The monoisotopic (exact) mass is 240 g/mol. The van der Waals surface area contributed by atoms with Crippen LogP contribution in [-0.4, -0.2) is 29.1 Å². The fraction of sp³-hybridized carbons (Fsp3) is 0.364. The topological polar surface area (TPSA) is 75.3 Å². The first-order chi connectivity index (χ1) is 7.56. The number of carboxylic acid groups (broad SMARTS) is 1. The third kappa shape index (κ3) is 3.06. The van der Waals surface area contributed by atoms with Gasteiger partial charge in [0.2, 0.25) is 0 Å². The summed E-state index contributed by atoms with van der Waals surface area (Å²) in [6, 6.07) is 5.23. The third-order valence-corrected chi connectivity index (χ3v) is 2.99. The van der Waals surface area contributed by atoms with Gasteiger partial charge in [-0.2, -0.15) is 11.8 Å². The van der Waals surface area contributed by atoms with Gasteiger partial charge in [0, 0.05) is 11.8 Å². The molecular weight excluding hydrogens is 224 g/mol. The molecule has 0 spiro atoms. The van der Waals surface area contributed by atoms with Gasteiger partial charge in [0.15, 0.2) is 0 Å². The van der Waals surface area contributed by atoms with Gasteiger partial charge in [-0.05, 0) is 25.3 Å². The van der Waals surface area contributed by atoms with Crippen molar-refractivity contribution >= 4 is 29.1 Å². The first-order valence-corrected chi connectivity index (χ1v) is 6.33. The minimum atomic E-state index is -1.00. The average Bonchev–Trinajstić information content (AvgIpc) is 2.21. The first-order valence-electron chi connectivity index (χ1n) is 4.93. The van der Waals surface area contributed by atoms with Crippen LogP contribution < -0.4 is 11.1 Å². The van der Waals surface area contributed by atoms with E-state index < -0.39 is 5.97 Å². The zero-order chi connectivity index (χ0) is 12.1. The summed E-state index contributed by atoms with van der Waals surface area (Å²) >= 11 is 1.73. The van der Waals surface area contributed by atoms with Crippen LogP contribution in [0.15, 0.2) is 18.2 Å². The molecule has 0 saturated carbocycles. The molecule has 0 fully saturated rings. The number of hydrogen-bond acceptors (Lipinski definition) is 4. The summed E-state index contributed by atoms with van der Waals surface area (Å²) in [5.41, 5.74) is 6.90. The molecule has 0 amide bonds. The number of hydrogen-bond donors (Lipinski definition) is 3. The Kier molecular flexibility index (Phi) is 4.49. The van der Waals surface area contributed by atoms with Crippen LogP contribution in [0.4, 0.5) is 11.4 Å². The SMILES string of the molecule is CSCC(C)Nc1cccc(C(=O)O)c1N. The summed E-state index contributed by atoms with van der Waals surface area (Å²) in [5.74, 6) is -0.0600. The zero-order valence-corrected chi connectivity index (χ0v) is 10.2. The smallest absolute Gasteiger partial charge is 0.337 e. The number of benzene rings is 1. The van der Waals surface area contributed by atoms with Crippen molar-refractivity contribution in [1.82, 2.24) is 0 Å². The summed E-state index contributed by atoms with van der Waals surface area (Å²) < 4.78 is 0. The molecule has 1 unspecified atom stereocenters. The number of nitrogens with one attached hydrogen (secondary N) is 1. The van der Waals surface area contributed by atoms with Crippen LogP contribution >= 0.6 is 11.8 Å². The molecule has 1 aromatic rings. The van der Waals surface area contributed by atoms with Gasteiger partial charge in [0.1, 0.15) is 0 Å². The third-order valence-electron chi connectivity index (χ3n) is 2.16. The molecule has 4 nitrogen and oxygen atoms in total. The molecule has 16 heavy (non-hydrogen) atoms. The van der Waals surface area contributed by atoms with E-state index in [0.29, 0.717) is 11.4 Å². The second-order valence-corrected chi connectivity index (χ2v) is 4.48. The second-order valence-electron chi connectivity index (χ2n) is 3.57. The fourth-order valence-corrected chi connectivity index (χ4v) is 2.02. The Labute approximate surface area is 99.2 Å². The summed E-state index contributed by atoms with van der Waals surface area (Å²) in [6.45, 7) is 2.03. The quantitative estimate of drug-likeness (QED) is 0.687. The van der Waals surface area contributed by atoms with Crippen LogP contribution in [0, 0.1) is 0 Å². The Morgan fingerprint density at radius 3 is 2.88 bits per heavy atom. The number of aromatic carboxylic acids is 1. The maximum absolute atomic E-state index is 10.9. The average molecular weight is 240 g/mol. The number of para-hydroxylation sites is 1. The summed E-state index contributed by atoms with van der Waals surface area (Å²) in [7, 11) is 0. The lowest BCUT2D eigenvalue weighted by Gasteiger charge is -2.16. The fourth-order valence-electron chi connectivity index (χ4n) is 1.43. The Hall–Kier alpha value is -1.36. The van der Waals surface area contributed by atoms with E-state index in [0.717, 1.165) is 5.75 Å². The molecular formula is C11H16N2O2S. The highest BCUT2D eigenvalue weighted by Crippen LogP contribution is 2.23. The lowest BCUT2D eigenvalue weighted by atomic mass is 10.1. The summed E-state index contributed by atoms with van der Waals surface area (Å²) in [6.07, 6.45) is 2.02. The van der Waals surface area contributed by atoms with Crippen molar-refractivity contribution < 1.29 is 9.90 Å². The Balaban J connectivity index is 2.89. The number of thioether (sulfide) groups is 1. The van der Waals surface area contributed by atoms with Gasteiger partial charge in [0.25, 0.3) is 0 Å².